The summed E-state index contributed by atoms with van der Waals surface area (Å²) in [5.41, 5.74) is 2.62. The Hall–Kier alpha value is -5.44. The maximum Gasteiger partial charge on any atom is 0.312 e. The Morgan fingerprint density at radius 3 is 2.30 bits per heavy atom. The lowest BCUT2D eigenvalue weighted by Crippen LogP contribution is -2.22. The lowest BCUT2D eigenvalue weighted by atomic mass is 9.84. The molecule has 1 aromatic heterocycles. The summed E-state index contributed by atoms with van der Waals surface area (Å²) in [7, 11) is 4.56. The molecule has 0 amide bonds. The molecule has 1 aliphatic heterocycles. The Balaban J connectivity index is 1.44. The third-order valence-corrected chi connectivity index (χ3v) is 7.49. The van der Waals surface area contributed by atoms with Crippen LogP contribution in [0.25, 0.3) is 22.1 Å². The number of hydrogen-bond acceptors (Lipinski definition) is 9. The van der Waals surface area contributed by atoms with Crippen LogP contribution in [-0.4, -0.2) is 32.4 Å². The third-order valence-electron chi connectivity index (χ3n) is 7.49. The SMILES string of the molecule is COc1ccc(-c2coc3c4c(cc(O)c3c2=O)OC(=O)C[C@@H]4c2ccc(OCc3ccccc3)c(OC)c2)cc1OC. The molecular weight excluding hydrogens is 552 g/mol. The maximum absolute atomic E-state index is 13.8. The van der Waals surface area contributed by atoms with Crippen molar-refractivity contribution in [2.75, 3.05) is 21.3 Å². The first-order chi connectivity index (χ1) is 20.9. The van der Waals surface area contributed by atoms with Gasteiger partial charge < -0.3 is 33.2 Å². The van der Waals surface area contributed by atoms with E-state index in [0.29, 0.717) is 40.7 Å². The van der Waals surface area contributed by atoms with Crippen LogP contribution in [0.1, 0.15) is 29.0 Å². The van der Waals surface area contributed by atoms with Crippen molar-refractivity contribution in [2.24, 2.45) is 0 Å². The van der Waals surface area contributed by atoms with E-state index >= 15 is 0 Å². The molecule has 0 saturated carbocycles. The second-order valence-corrected chi connectivity index (χ2v) is 9.98. The Labute approximate surface area is 246 Å². The average molecular weight is 581 g/mol. The molecule has 0 fully saturated rings. The van der Waals surface area contributed by atoms with Gasteiger partial charge in [-0.05, 0) is 41.0 Å². The summed E-state index contributed by atoms with van der Waals surface area (Å²) in [4.78, 5) is 26.5. The molecule has 0 radical (unpaired) electrons. The van der Waals surface area contributed by atoms with Crippen LogP contribution < -0.4 is 29.1 Å². The van der Waals surface area contributed by atoms with Gasteiger partial charge in [-0.2, -0.15) is 0 Å². The van der Waals surface area contributed by atoms with Crippen molar-refractivity contribution in [3.8, 4) is 45.6 Å². The first-order valence-corrected chi connectivity index (χ1v) is 13.5. The van der Waals surface area contributed by atoms with Crippen LogP contribution in [0.15, 0.2) is 88.3 Å². The number of ether oxygens (including phenoxy) is 5. The summed E-state index contributed by atoms with van der Waals surface area (Å²) in [6.45, 7) is 0.354. The largest absolute Gasteiger partial charge is 0.507 e. The van der Waals surface area contributed by atoms with E-state index in [-0.39, 0.29) is 34.5 Å². The van der Waals surface area contributed by atoms with Crippen molar-refractivity contribution >= 4 is 16.9 Å². The first-order valence-electron chi connectivity index (χ1n) is 13.5. The van der Waals surface area contributed by atoms with Gasteiger partial charge in [-0.15, -0.1) is 0 Å². The van der Waals surface area contributed by atoms with Gasteiger partial charge in [-0.25, -0.2) is 0 Å². The van der Waals surface area contributed by atoms with Crippen LogP contribution in [-0.2, 0) is 11.4 Å². The van der Waals surface area contributed by atoms with Crippen molar-refractivity contribution in [1.82, 2.24) is 0 Å². The predicted molar refractivity (Wildman–Crippen MR) is 159 cm³/mol. The molecule has 0 spiro atoms. The number of esters is 1. The van der Waals surface area contributed by atoms with Crippen LogP contribution in [0.4, 0.5) is 0 Å². The highest BCUT2D eigenvalue weighted by Gasteiger charge is 2.34. The molecule has 5 aromatic rings. The van der Waals surface area contributed by atoms with E-state index in [4.69, 9.17) is 28.1 Å². The van der Waals surface area contributed by atoms with Crippen molar-refractivity contribution in [2.45, 2.75) is 18.9 Å². The smallest absolute Gasteiger partial charge is 0.312 e. The van der Waals surface area contributed by atoms with E-state index in [1.54, 1.807) is 37.4 Å². The molecule has 43 heavy (non-hydrogen) atoms. The van der Waals surface area contributed by atoms with Crippen LogP contribution in [0.5, 0.6) is 34.5 Å². The summed E-state index contributed by atoms with van der Waals surface area (Å²) < 4.78 is 33.9. The lowest BCUT2D eigenvalue weighted by Gasteiger charge is -2.26. The number of fused-ring (bicyclic) bond motifs is 3. The number of phenols is 1. The van der Waals surface area contributed by atoms with Gasteiger partial charge in [0.15, 0.2) is 23.0 Å². The Bertz CT molecular complexity index is 1890. The van der Waals surface area contributed by atoms with E-state index in [9.17, 15) is 14.7 Å². The van der Waals surface area contributed by atoms with E-state index in [2.05, 4.69) is 0 Å². The molecule has 6 rings (SSSR count). The fourth-order valence-electron chi connectivity index (χ4n) is 5.38. The molecule has 4 aromatic carbocycles. The fraction of sp³-hybridized carbons (Fsp3) is 0.176. The average Bonchev–Trinajstić information content (AvgIpc) is 3.03. The van der Waals surface area contributed by atoms with E-state index < -0.39 is 17.3 Å². The molecule has 0 saturated heterocycles. The monoisotopic (exact) mass is 580 g/mol. The van der Waals surface area contributed by atoms with Crippen LogP contribution in [0, 0.1) is 0 Å². The quantitative estimate of drug-likeness (QED) is 0.169. The minimum absolute atomic E-state index is 0.0125. The topological polar surface area (TPSA) is 114 Å². The molecule has 0 bridgehead atoms. The predicted octanol–water partition coefficient (Wildman–Crippen LogP) is 6.21. The Morgan fingerprint density at radius 2 is 1.56 bits per heavy atom. The summed E-state index contributed by atoms with van der Waals surface area (Å²) >= 11 is 0. The van der Waals surface area contributed by atoms with Crippen molar-refractivity contribution in [3.05, 3.63) is 106 Å². The van der Waals surface area contributed by atoms with Gasteiger partial charge in [0.25, 0.3) is 0 Å². The minimum atomic E-state index is -0.550. The van der Waals surface area contributed by atoms with Crippen LogP contribution in [0.2, 0.25) is 0 Å². The second-order valence-electron chi connectivity index (χ2n) is 9.98. The molecule has 1 atom stereocenters. The summed E-state index contributed by atoms with van der Waals surface area (Å²) in [5, 5.41) is 10.9. The Morgan fingerprint density at radius 1 is 0.837 bits per heavy atom. The zero-order valence-corrected chi connectivity index (χ0v) is 23.7. The number of aromatic hydroxyl groups is 1. The van der Waals surface area contributed by atoms with E-state index in [0.717, 1.165) is 11.1 Å². The maximum atomic E-state index is 13.8. The standard InChI is InChI=1S/C34H28O9/c1-38-25-11-9-21(14-27(25)39-2)23-18-42-34-31-22(15-30(36)43-29(31)16-24(35)32(34)33(23)37)20-10-12-26(28(13-20)40-3)41-17-19-7-5-4-6-8-19/h4-14,16,18,22,35H,15,17H2,1-3H3/t22-/m1/s1. The highest BCUT2D eigenvalue weighted by atomic mass is 16.5. The zero-order chi connectivity index (χ0) is 30.1. The van der Waals surface area contributed by atoms with Gasteiger partial charge in [0.2, 0.25) is 5.43 Å². The van der Waals surface area contributed by atoms with Gasteiger partial charge in [0.1, 0.15) is 35.3 Å². The van der Waals surface area contributed by atoms with Gasteiger partial charge in [0, 0.05) is 17.5 Å². The Kier molecular flexibility index (Phi) is 7.38. The number of carbonyl (C=O) groups is 1. The van der Waals surface area contributed by atoms with Gasteiger partial charge >= 0.3 is 5.97 Å². The fourth-order valence-corrected chi connectivity index (χ4v) is 5.38. The van der Waals surface area contributed by atoms with Crippen molar-refractivity contribution < 1.29 is 38.0 Å². The molecule has 1 aliphatic rings. The van der Waals surface area contributed by atoms with Gasteiger partial charge in [-0.1, -0.05) is 42.5 Å². The molecule has 9 nitrogen and oxygen atoms in total. The number of hydrogen-bond donors (Lipinski definition) is 1. The molecule has 218 valence electrons. The summed E-state index contributed by atoms with van der Waals surface area (Å²) in [6.07, 6.45) is 1.32. The van der Waals surface area contributed by atoms with Crippen molar-refractivity contribution in [3.63, 3.8) is 0 Å². The summed E-state index contributed by atoms with van der Waals surface area (Å²) in [5.74, 6) is 0.688. The number of rotatable bonds is 8. The molecule has 1 N–H and O–H groups in total. The third kappa shape index (κ3) is 5.10. The second kappa shape index (κ2) is 11.4. The highest BCUT2D eigenvalue weighted by Crippen LogP contribution is 2.47. The molecule has 9 heteroatoms. The van der Waals surface area contributed by atoms with Gasteiger partial charge in [-0.3, -0.25) is 9.59 Å². The number of phenolic OH excluding ortho intramolecular Hbond substituents is 1. The number of methoxy groups -OCH3 is 3. The normalized spacial score (nSPS) is 14.1. The number of benzene rings is 4. The molecule has 0 unspecified atom stereocenters. The minimum Gasteiger partial charge on any atom is -0.507 e. The van der Waals surface area contributed by atoms with Gasteiger partial charge in [0.05, 0.1) is 33.3 Å². The lowest BCUT2D eigenvalue weighted by molar-refractivity contribution is -0.135. The van der Waals surface area contributed by atoms with Crippen LogP contribution in [0.3, 0.4) is 0 Å². The number of carbonyl (C=O) groups excluding carboxylic acids is 1. The summed E-state index contributed by atoms with van der Waals surface area (Å²) in [6, 6.07) is 21.5. The molecule has 2 heterocycles. The highest BCUT2D eigenvalue weighted by molar-refractivity contribution is 5.94. The first kappa shape index (κ1) is 27.7. The van der Waals surface area contributed by atoms with Crippen LogP contribution >= 0.6 is 0 Å². The molecular formula is C34H28O9. The van der Waals surface area contributed by atoms with E-state index in [1.165, 1.54) is 26.5 Å². The molecule has 0 aliphatic carbocycles. The van der Waals surface area contributed by atoms with Crippen molar-refractivity contribution in [1.29, 1.82) is 0 Å². The van der Waals surface area contributed by atoms with E-state index in [1.807, 2.05) is 36.4 Å². The zero-order valence-electron chi connectivity index (χ0n) is 23.7.